The molecule has 10 heteroatoms. The summed E-state index contributed by atoms with van der Waals surface area (Å²) in [5.41, 5.74) is 0.948. The summed E-state index contributed by atoms with van der Waals surface area (Å²) in [6.07, 6.45) is 2.73. The molecule has 0 bridgehead atoms. The van der Waals surface area contributed by atoms with E-state index in [2.05, 4.69) is 21.2 Å². The predicted molar refractivity (Wildman–Crippen MR) is 131 cm³/mol. The number of halogens is 2. The molecule has 2 rings (SSSR count). The van der Waals surface area contributed by atoms with Crippen molar-refractivity contribution in [1.29, 1.82) is 0 Å². The third-order valence-electron chi connectivity index (χ3n) is 5.06. The van der Waals surface area contributed by atoms with Gasteiger partial charge in [-0.05, 0) is 55.3 Å². The number of carbonyl (C=O) groups excluding carboxylic acids is 2. The van der Waals surface area contributed by atoms with Crippen LogP contribution >= 0.6 is 15.9 Å². The molecule has 0 spiro atoms. The van der Waals surface area contributed by atoms with Crippen LogP contribution < -0.4 is 9.62 Å². The van der Waals surface area contributed by atoms with Gasteiger partial charge in [0, 0.05) is 17.6 Å². The van der Waals surface area contributed by atoms with Crippen LogP contribution in [0, 0.1) is 5.82 Å². The second-order valence-corrected chi connectivity index (χ2v) is 10.5. The highest BCUT2D eigenvalue weighted by atomic mass is 79.9. The summed E-state index contributed by atoms with van der Waals surface area (Å²) < 4.78 is 40.0. The zero-order valence-corrected chi connectivity index (χ0v) is 21.3. The molecule has 33 heavy (non-hydrogen) atoms. The van der Waals surface area contributed by atoms with Crippen molar-refractivity contribution >= 4 is 43.5 Å². The first kappa shape index (κ1) is 26.8. The lowest BCUT2D eigenvalue weighted by atomic mass is 10.1. The van der Waals surface area contributed by atoms with Crippen LogP contribution in [-0.2, 0) is 26.2 Å². The van der Waals surface area contributed by atoms with Crippen LogP contribution in [0.4, 0.5) is 10.1 Å². The van der Waals surface area contributed by atoms with Crippen molar-refractivity contribution in [2.75, 3.05) is 23.7 Å². The molecule has 2 aromatic rings. The van der Waals surface area contributed by atoms with E-state index in [1.54, 1.807) is 31.2 Å². The Kier molecular flexibility index (Phi) is 9.85. The molecule has 0 fully saturated rings. The van der Waals surface area contributed by atoms with E-state index in [1.165, 1.54) is 29.2 Å². The average Bonchev–Trinajstić information content (AvgIpc) is 2.76. The predicted octanol–water partition coefficient (Wildman–Crippen LogP) is 3.69. The maximum atomic E-state index is 13.3. The first-order valence-corrected chi connectivity index (χ1v) is 13.2. The molecule has 2 aromatic carbocycles. The molecule has 2 amide bonds. The molecule has 0 aliphatic carbocycles. The molecular formula is C23H29BrFN3O4S. The van der Waals surface area contributed by atoms with E-state index in [4.69, 9.17) is 0 Å². The van der Waals surface area contributed by atoms with Gasteiger partial charge in [-0.3, -0.25) is 13.9 Å². The molecule has 1 atom stereocenters. The van der Waals surface area contributed by atoms with Crippen molar-refractivity contribution in [2.45, 2.75) is 39.3 Å². The van der Waals surface area contributed by atoms with Crippen molar-refractivity contribution < 1.29 is 22.4 Å². The Balaban J connectivity index is 2.32. The fraction of sp³-hybridized carbons (Fsp3) is 0.391. The number of anilines is 1. The van der Waals surface area contributed by atoms with Gasteiger partial charge in [-0.15, -0.1) is 0 Å². The molecule has 0 aliphatic heterocycles. The highest BCUT2D eigenvalue weighted by Crippen LogP contribution is 2.21. The van der Waals surface area contributed by atoms with Gasteiger partial charge in [-0.1, -0.05) is 41.4 Å². The van der Waals surface area contributed by atoms with E-state index < -0.39 is 34.3 Å². The SMILES string of the molecule is CCCCNC(=O)C(C)N(Cc1ccc(F)cc1)C(=O)CN(c1ccc(Br)cc1)S(C)(=O)=O. The summed E-state index contributed by atoms with van der Waals surface area (Å²) in [6.45, 7) is 3.62. The van der Waals surface area contributed by atoms with Crippen molar-refractivity contribution in [2.24, 2.45) is 0 Å². The Morgan fingerprint density at radius 2 is 1.70 bits per heavy atom. The maximum absolute atomic E-state index is 13.3. The van der Waals surface area contributed by atoms with Crippen LogP contribution in [0.15, 0.2) is 53.0 Å². The Morgan fingerprint density at radius 1 is 1.09 bits per heavy atom. The molecule has 0 radical (unpaired) electrons. The summed E-state index contributed by atoms with van der Waals surface area (Å²) in [4.78, 5) is 27.4. The summed E-state index contributed by atoms with van der Waals surface area (Å²) in [7, 11) is -3.78. The zero-order valence-electron chi connectivity index (χ0n) is 18.9. The Morgan fingerprint density at radius 3 is 2.24 bits per heavy atom. The average molecular weight is 542 g/mol. The van der Waals surface area contributed by atoms with E-state index >= 15 is 0 Å². The lowest BCUT2D eigenvalue weighted by molar-refractivity contribution is -0.139. The maximum Gasteiger partial charge on any atom is 0.244 e. The Hall–Kier alpha value is -2.46. The molecule has 0 aliphatic rings. The molecule has 0 aromatic heterocycles. The molecule has 0 saturated heterocycles. The fourth-order valence-electron chi connectivity index (χ4n) is 3.13. The Labute approximate surface area is 203 Å². The van der Waals surface area contributed by atoms with Gasteiger partial charge in [-0.25, -0.2) is 12.8 Å². The van der Waals surface area contributed by atoms with Crippen molar-refractivity contribution in [3.63, 3.8) is 0 Å². The molecule has 180 valence electrons. The van der Waals surface area contributed by atoms with Gasteiger partial charge in [0.2, 0.25) is 21.8 Å². The van der Waals surface area contributed by atoms with Gasteiger partial charge in [0.15, 0.2) is 0 Å². The van der Waals surface area contributed by atoms with Crippen LogP contribution in [-0.4, -0.2) is 50.5 Å². The minimum absolute atomic E-state index is 0.0272. The molecule has 1 unspecified atom stereocenters. The smallest absolute Gasteiger partial charge is 0.244 e. The van der Waals surface area contributed by atoms with Crippen molar-refractivity contribution in [3.8, 4) is 0 Å². The van der Waals surface area contributed by atoms with Crippen LogP contribution in [0.25, 0.3) is 0 Å². The molecular weight excluding hydrogens is 513 g/mol. The van der Waals surface area contributed by atoms with Crippen LogP contribution in [0.3, 0.4) is 0 Å². The standard InChI is InChI=1S/C23H29BrFN3O4S/c1-4-5-14-26-23(30)17(2)27(15-18-6-10-20(25)11-7-18)22(29)16-28(33(3,31)32)21-12-8-19(24)9-13-21/h6-13,17H,4-5,14-16H2,1-3H3,(H,26,30). The first-order valence-electron chi connectivity index (χ1n) is 10.6. The third kappa shape index (κ3) is 8.12. The largest absolute Gasteiger partial charge is 0.354 e. The first-order chi connectivity index (χ1) is 15.5. The zero-order chi connectivity index (χ0) is 24.6. The van der Waals surface area contributed by atoms with Gasteiger partial charge in [0.1, 0.15) is 18.4 Å². The van der Waals surface area contributed by atoms with Gasteiger partial charge in [0.05, 0.1) is 11.9 Å². The number of unbranched alkanes of at least 4 members (excludes halogenated alkanes) is 1. The van der Waals surface area contributed by atoms with Crippen LogP contribution in [0.1, 0.15) is 32.3 Å². The number of amides is 2. The highest BCUT2D eigenvalue weighted by molar-refractivity contribution is 9.10. The molecule has 0 heterocycles. The van der Waals surface area contributed by atoms with E-state index in [1.807, 2.05) is 6.92 Å². The molecule has 7 nitrogen and oxygen atoms in total. The molecule has 1 N–H and O–H groups in total. The number of carbonyl (C=O) groups is 2. The van der Waals surface area contributed by atoms with Crippen LogP contribution in [0.2, 0.25) is 0 Å². The quantitative estimate of drug-likeness (QED) is 0.439. The number of benzene rings is 2. The second kappa shape index (κ2) is 12.1. The number of nitrogens with zero attached hydrogens (tertiary/aromatic N) is 2. The number of sulfonamides is 1. The lowest BCUT2D eigenvalue weighted by Gasteiger charge is -2.31. The number of nitrogens with one attached hydrogen (secondary N) is 1. The highest BCUT2D eigenvalue weighted by Gasteiger charge is 2.30. The summed E-state index contributed by atoms with van der Waals surface area (Å²) in [5.74, 6) is -1.31. The number of hydrogen-bond acceptors (Lipinski definition) is 4. The minimum atomic E-state index is -3.78. The van der Waals surface area contributed by atoms with E-state index in [9.17, 15) is 22.4 Å². The van der Waals surface area contributed by atoms with Crippen molar-refractivity contribution in [3.05, 3.63) is 64.4 Å². The normalized spacial score (nSPS) is 12.2. The van der Waals surface area contributed by atoms with Crippen LogP contribution in [0.5, 0.6) is 0 Å². The number of hydrogen-bond donors (Lipinski definition) is 1. The number of rotatable bonds is 11. The molecule has 0 saturated carbocycles. The summed E-state index contributed by atoms with van der Waals surface area (Å²) >= 11 is 3.31. The topological polar surface area (TPSA) is 86.8 Å². The fourth-order valence-corrected chi connectivity index (χ4v) is 4.24. The summed E-state index contributed by atoms with van der Waals surface area (Å²) in [6, 6.07) is 11.3. The lowest BCUT2D eigenvalue weighted by Crippen LogP contribution is -2.51. The van der Waals surface area contributed by atoms with E-state index in [0.717, 1.165) is 27.9 Å². The van der Waals surface area contributed by atoms with Gasteiger partial charge in [0.25, 0.3) is 0 Å². The third-order valence-corrected chi connectivity index (χ3v) is 6.73. The monoisotopic (exact) mass is 541 g/mol. The van der Waals surface area contributed by atoms with Gasteiger partial charge in [-0.2, -0.15) is 0 Å². The minimum Gasteiger partial charge on any atom is -0.354 e. The van der Waals surface area contributed by atoms with Gasteiger partial charge >= 0.3 is 0 Å². The van der Waals surface area contributed by atoms with E-state index in [0.29, 0.717) is 17.8 Å². The van der Waals surface area contributed by atoms with Crippen molar-refractivity contribution in [1.82, 2.24) is 10.2 Å². The van der Waals surface area contributed by atoms with Gasteiger partial charge < -0.3 is 10.2 Å². The Bertz CT molecular complexity index is 1050. The van der Waals surface area contributed by atoms with E-state index in [-0.39, 0.29) is 12.5 Å². The summed E-state index contributed by atoms with van der Waals surface area (Å²) in [5, 5.41) is 2.81. The second-order valence-electron chi connectivity index (χ2n) is 7.71.